The van der Waals surface area contributed by atoms with Crippen LogP contribution >= 0.6 is 0 Å². The third-order valence-electron chi connectivity index (χ3n) is 3.28. The van der Waals surface area contributed by atoms with Crippen LogP contribution in [0, 0.1) is 0 Å². The Labute approximate surface area is 113 Å². The van der Waals surface area contributed by atoms with E-state index in [1.165, 1.54) is 0 Å². The Hall–Kier alpha value is -1.59. The van der Waals surface area contributed by atoms with Crippen molar-refractivity contribution < 1.29 is 19.0 Å². The standard InChI is InChI=1S/C14H19NO4/c1-17-12-8-15(9-13(12)18-2)14(16)19-10-11-6-4-3-5-7-11/h3-7,12-13H,8-10H2,1-2H3/t12-,13-/m0/s1. The predicted molar refractivity (Wildman–Crippen MR) is 69.8 cm³/mol. The molecule has 1 aromatic carbocycles. The van der Waals surface area contributed by atoms with E-state index in [0.717, 1.165) is 5.56 Å². The van der Waals surface area contributed by atoms with Crippen LogP contribution in [0.25, 0.3) is 0 Å². The highest BCUT2D eigenvalue weighted by molar-refractivity contribution is 5.68. The second kappa shape index (κ2) is 6.54. The zero-order valence-corrected chi connectivity index (χ0v) is 11.2. The summed E-state index contributed by atoms with van der Waals surface area (Å²) in [6.07, 6.45) is -0.506. The van der Waals surface area contributed by atoms with E-state index in [0.29, 0.717) is 13.1 Å². The van der Waals surface area contributed by atoms with Gasteiger partial charge in [0.1, 0.15) is 18.8 Å². The number of carbonyl (C=O) groups is 1. The molecule has 104 valence electrons. The maximum absolute atomic E-state index is 11.9. The first kappa shape index (κ1) is 13.8. The molecule has 1 heterocycles. The molecule has 1 aliphatic heterocycles. The highest BCUT2D eigenvalue weighted by Gasteiger charge is 2.36. The maximum Gasteiger partial charge on any atom is 0.410 e. The van der Waals surface area contributed by atoms with Gasteiger partial charge in [0, 0.05) is 14.2 Å². The van der Waals surface area contributed by atoms with Gasteiger partial charge in [0.15, 0.2) is 0 Å². The molecule has 5 heteroatoms. The topological polar surface area (TPSA) is 48.0 Å². The summed E-state index contributed by atoms with van der Waals surface area (Å²) >= 11 is 0. The predicted octanol–water partition coefficient (Wildman–Crippen LogP) is 1.67. The van der Waals surface area contributed by atoms with Crippen molar-refractivity contribution in [2.75, 3.05) is 27.3 Å². The summed E-state index contributed by atoms with van der Waals surface area (Å²) < 4.78 is 15.8. The summed E-state index contributed by atoms with van der Waals surface area (Å²) in [5.41, 5.74) is 0.974. The highest BCUT2D eigenvalue weighted by Crippen LogP contribution is 2.17. The normalized spacial score (nSPS) is 22.5. The van der Waals surface area contributed by atoms with Crippen molar-refractivity contribution in [2.45, 2.75) is 18.8 Å². The lowest BCUT2D eigenvalue weighted by atomic mass is 10.2. The largest absolute Gasteiger partial charge is 0.445 e. The average molecular weight is 265 g/mol. The fourth-order valence-electron chi connectivity index (χ4n) is 2.16. The Bertz CT molecular complexity index is 397. The molecule has 0 unspecified atom stereocenters. The molecule has 0 spiro atoms. The van der Waals surface area contributed by atoms with Gasteiger partial charge in [-0.2, -0.15) is 0 Å². The molecule has 1 saturated heterocycles. The molecule has 0 bridgehead atoms. The zero-order chi connectivity index (χ0) is 13.7. The number of methoxy groups -OCH3 is 2. The Morgan fingerprint density at radius 1 is 1.16 bits per heavy atom. The Kier molecular flexibility index (Phi) is 4.76. The average Bonchev–Trinajstić information content (AvgIpc) is 2.89. The van der Waals surface area contributed by atoms with E-state index in [9.17, 15) is 4.79 Å². The molecule has 0 aliphatic carbocycles. The number of nitrogens with zero attached hydrogens (tertiary/aromatic N) is 1. The lowest BCUT2D eigenvalue weighted by molar-refractivity contribution is -0.00461. The van der Waals surface area contributed by atoms with Gasteiger partial charge in [0.05, 0.1) is 13.1 Å². The highest BCUT2D eigenvalue weighted by atomic mass is 16.6. The molecular formula is C14H19NO4. The molecule has 1 aromatic rings. The molecule has 0 radical (unpaired) electrons. The van der Waals surface area contributed by atoms with Crippen LogP contribution in [0.4, 0.5) is 4.79 Å². The summed E-state index contributed by atoms with van der Waals surface area (Å²) in [6, 6.07) is 9.61. The van der Waals surface area contributed by atoms with Gasteiger partial charge in [-0.3, -0.25) is 0 Å². The quantitative estimate of drug-likeness (QED) is 0.831. The molecule has 0 saturated carbocycles. The second-order valence-electron chi connectivity index (χ2n) is 4.49. The van der Waals surface area contributed by atoms with Crippen LogP contribution in [0.5, 0.6) is 0 Å². The van der Waals surface area contributed by atoms with Crippen LogP contribution in [0.1, 0.15) is 5.56 Å². The van der Waals surface area contributed by atoms with Crippen LogP contribution in [-0.4, -0.2) is 50.5 Å². The Balaban J connectivity index is 1.84. The van der Waals surface area contributed by atoms with Gasteiger partial charge in [-0.15, -0.1) is 0 Å². The molecule has 5 nitrogen and oxygen atoms in total. The Morgan fingerprint density at radius 3 is 2.26 bits per heavy atom. The molecule has 19 heavy (non-hydrogen) atoms. The number of amides is 1. The van der Waals surface area contributed by atoms with Crippen molar-refractivity contribution in [3.8, 4) is 0 Å². The lowest BCUT2D eigenvalue weighted by Crippen LogP contribution is -2.30. The minimum Gasteiger partial charge on any atom is -0.445 e. The van der Waals surface area contributed by atoms with Crippen LogP contribution in [0.3, 0.4) is 0 Å². The summed E-state index contributed by atoms with van der Waals surface area (Å²) in [6.45, 7) is 1.29. The number of carbonyl (C=O) groups excluding carboxylic acids is 1. The summed E-state index contributed by atoms with van der Waals surface area (Å²) in [5.74, 6) is 0. The first-order chi connectivity index (χ1) is 9.24. The van der Waals surface area contributed by atoms with Crippen LogP contribution in [0.2, 0.25) is 0 Å². The van der Waals surface area contributed by atoms with E-state index in [1.807, 2.05) is 30.3 Å². The van der Waals surface area contributed by atoms with Crippen LogP contribution in [0.15, 0.2) is 30.3 Å². The van der Waals surface area contributed by atoms with Crippen molar-refractivity contribution in [3.63, 3.8) is 0 Å². The van der Waals surface area contributed by atoms with Crippen LogP contribution in [-0.2, 0) is 20.8 Å². The second-order valence-corrected chi connectivity index (χ2v) is 4.49. The van der Waals surface area contributed by atoms with E-state index in [1.54, 1.807) is 19.1 Å². The summed E-state index contributed by atoms with van der Waals surface area (Å²) in [5, 5.41) is 0. The van der Waals surface area contributed by atoms with E-state index >= 15 is 0 Å². The van der Waals surface area contributed by atoms with Crippen molar-refractivity contribution >= 4 is 6.09 Å². The van der Waals surface area contributed by atoms with Crippen molar-refractivity contribution in [3.05, 3.63) is 35.9 Å². The molecule has 2 atom stereocenters. The van der Waals surface area contributed by atoms with E-state index < -0.39 is 0 Å². The number of hydrogen-bond acceptors (Lipinski definition) is 4. The lowest BCUT2D eigenvalue weighted by Gasteiger charge is -2.15. The first-order valence-corrected chi connectivity index (χ1v) is 6.25. The fraction of sp³-hybridized carbons (Fsp3) is 0.500. The van der Waals surface area contributed by atoms with E-state index in [-0.39, 0.29) is 24.9 Å². The van der Waals surface area contributed by atoms with Gasteiger partial charge in [-0.1, -0.05) is 30.3 Å². The summed E-state index contributed by atoms with van der Waals surface area (Å²) in [7, 11) is 3.24. The minimum absolute atomic E-state index is 0.0886. The SMILES string of the molecule is CO[C@H]1CN(C(=O)OCc2ccccc2)C[C@@H]1OC. The monoisotopic (exact) mass is 265 g/mol. The number of hydrogen-bond donors (Lipinski definition) is 0. The molecule has 1 fully saturated rings. The molecule has 1 aliphatic rings. The minimum atomic E-state index is -0.328. The van der Waals surface area contributed by atoms with Gasteiger partial charge in [0.25, 0.3) is 0 Å². The Morgan fingerprint density at radius 2 is 1.74 bits per heavy atom. The first-order valence-electron chi connectivity index (χ1n) is 6.25. The number of rotatable bonds is 4. The van der Waals surface area contributed by atoms with Gasteiger partial charge < -0.3 is 19.1 Å². The van der Waals surface area contributed by atoms with Crippen molar-refractivity contribution in [1.82, 2.24) is 4.90 Å². The third kappa shape index (κ3) is 3.45. The van der Waals surface area contributed by atoms with E-state index in [4.69, 9.17) is 14.2 Å². The molecule has 1 amide bonds. The maximum atomic E-state index is 11.9. The number of ether oxygens (including phenoxy) is 3. The fourth-order valence-corrected chi connectivity index (χ4v) is 2.16. The van der Waals surface area contributed by atoms with Gasteiger partial charge in [-0.25, -0.2) is 4.79 Å². The number of benzene rings is 1. The van der Waals surface area contributed by atoms with Gasteiger partial charge in [0.2, 0.25) is 0 Å². The van der Waals surface area contributed by atoms with Crippen LogP contribution < -0.4 is 0 Å². The van der Waals surface area contributed by atoms with Crippen molar-refractivity contribution in [2.24, 2.45) is 0 Å². The van der Waals surface area contributed by atoms with E-state index in [2.05, 4.69) is 0 Å². The molecule has 0 aromatic heterocycles. The summed E-state index contributed by atoms with van der Waals surface area (Å²) in [4.78, 5) is 13.6. The zero-order valence-electron chi connectivity index (χ0n) is 11.2. The van der Waals surface area contributed by atoms with Gasteiger partial charge >= 0.3 is 6.09 Å². The third-order valence-corrected chi connectivity index (χ3v) is 3.28. The van der Waals surface area contributed by atoms with Crippen molar-refractivity contribution in [1.29, 1.82) is 0 Å². The molecule has 0 N–H and O–H groups in total. The van der Waals surface area contributed by atoms with Gasteiger partial charge in [-0.05, 0) is 5.56 Å². The molecular weight excluding hydrogens is 246 g/mol. The smallest absolute Gasteiger partial charge is 0.410 e. The molecule has 2 rings (SSSR count). The number of likely N-dealkylation sites (tertiary alicyclic amines) is 1.